The predicted octanol–water partition coefficient (Wildman–Crippen LogP) is 1.81. The first-order valence-electron chi connectivity index (χ1n) is 3.43. The van der Waals surface area contributed by atoms with E-state index >= 15 is 0 Å². The Morgan fingerprint density at radius 1 is 1.00 bits per heavy atom. The quantitative estimate of drug-likeness (QED) is 0.429. The molecule has 2 unspecified atom stereocenters. The third-order valence-corrected chi connectivity index (χ3v) is 3.47. The lowest BCUT2D eigenvalue weighted by molar-refractivity contribution is 0.468. The molecule has 38 valence electrons. The standard InChI is InChI=1S/C7H10/c1-2-6-5(1)7(6)3-4-7/h5-6H,1-4H2. The van der Waals surface area contributed by atoms with Crippen molar-refractivity contribution in [3.63, 3.8) is 0 Å². The molecule has 0 aromatic carbocycles. The minimum absolute atomic E-state index is 1.03. The van der Waals surface area contributed by atoms with Crippen LogP contribution in [0, 0.1) is 17.3 Å². The zero-order valence-electron chi connectivity index (χ0n) is 4.48. The third kappa shape index (κ3) is 0.167. The van der Waals surface area contributed by atoms with Gasteiger partial charge in [0.05, 0.1) is 0 Å². The highest BCUT2D eigenvalue weighted by atomic mass is 14.8. The van der Waals surface area contributed by atoms with E-state index in [1.54, 1.807) is 25.7 Å². The lowest BCUT2D eigenvalue weighted by Gasteiger charge is -2.04. The summed E-state index contributed by atoms with van der Waals surface area (Å²) in [5, 5.41) is 0. The molecule has 0 bridgehead atoms. The molecule has 0 aromatic heterocycles. The molecule has 0 saturated heterocycles. The van der Waals surface area contributed by atoms with Crippen LogP contribution in [-0.4, -0.2) is 0 Å². The van der Waals surface area contributed by atoms with Gasteiger partial charge < -0.3 is 0 Å². The molecular formula is C7H10. The maximum atomic E-state index is 1.60. The molecule has 0 N–H and O–H groups in total. The molecule has 7 heavy (non-hydrogen) atoms. The van der Waals surface area contributed by atoms with Gasteiger partial charge in [-0.25, -0.2) is 0 Å². The van der Waals surface area contributed by atoms with Crippen LogP contribution in [0.2, 0.25) is 0 Å². The van der Waals surface area contributed by atoms with E-state index in [1.165, 1.54) is 11.8 Å². The van der Waals surface area contributed by atoms with Gasteiger partial charge in [-0.05, 0) is 42.9 Å². The van der Waals surface area contributed by atoms with Crippen LogP contribution >= 0.6 is 0 Å². The van der Waals surface area contributed by atoms with E-state index in [4.69, 9.17) is 0 Å². The molecule has 0 amide bonds. The zero-order chi connectivity index (χ0) is 4.48. The minimum atomic E-state index is 1.03. The van der Waals surface area contributed by atoms with Gasteiger partial charge in [0, 0.05) is 0 Å². The lowest BCUT2D eigenvalue weighted by atomic mass is 10.0. The molecule has 3 aliphatic rings. The second-order valence-electron chi connectivity index (χ2n) is 3.52. The molecule has 3 saturated carbocycles. The van der Waals surface area contributed by atoms with Crippen molar-refractivity contribution in [1.82, 2.24) is 0 Å². The maximum Gasteiger partial charge on any atom is -0.0235 e. The number of hydrogen-bond acceptors (Lipinski definition) is 0. The van der Waals surface area contributed by atoms with Gasteiger partial charge in [-0.1, -0.05) is 0 Å². The van der Waals surface area contributed by atoms with Crippen LogP contribution in [0.15, 0.2) is 0 Å². The number of hydrogen-bond donors (Lipinski definition) is 0. The molecule has 3 rings (SSSR count). The lowest BCUT2D eigenvalue weighted by Crippen LogP contribution is -1.93. The fourth-order valence-corrected chi connectivity index (χ4v) is 2.63. The molecule has 0 nitrogen and oxygen atoms in total. The highest BCUT2D eigenvalue weighted by molar-refractivity contribution is 5.23. The Labute approximate surface area is 43.9 Å². The average Bonchev–Trinajstić information content (AvgIpc) is 2.20. The van der Waals surface area contributed by atoms with Crippen molar-refractivity contribution < 1.29 is 0 Å². The van der Waals surface area contributed by atoms with E-state index < -0.39 is 0 Å². The van der Waals surface area contributed by atoms with Crippen LogP contribution in [0.4, 0.5) is 0 Å². The Bertz CT molecular complexity index is 110. The van der Waals surface area contributed by atoms with Crippen LogP contribution < -0.4 is 0 Å². The molecule has 2 atom stereocenters. The van der Waals surface area contributed by atoms with E-state index in [1.807, 2.05) is 0 Å². The van der Waals surface area contributed by atoms with Crippen LogP contribution in [0.1, 0.15) is 25.7 Å². The first kappa shape index (κ1) is 3.11. The number of rotatable bonds is 0. The normalized spacial score (nSPS) is 58.3. The van der Waals surface area contributed by atoms with Gasteiger partial charge in [0.1, 0.15) is 0 Å². The van der Waals surface area contributed by atoms with E-state index in [0.29, 0.717) is 0 Å². The van der Waals surface area contributed by atoms with Crippen molar-refractivity contribution in [3.05, 3.63) is 0 Å². The highest BCUT2D eigenvalue weighted by Crippen LogP contribution is 2.83. The van der Waals surface area contributed by atoms with E-state index in [9.17, 15) is 0 Å². The van der Waals surface area contributed by atoms with Crippen LogP contribution in [-0.2, 0) is 0 Å². The first-order valence-corrected chi connectivity index (χ1v) is 3.43. The van der Waals surface area contributed by atoms with Crippen LogP contribution in [0.25, 0.3) is 0 Å². The molecule has 3 fully saturated rings. The van der Waals surface area contributed by atoms with Crippen molar-refractivity contribution in [2.24, 2.45) is 17.3 Å². The maximum absolute atomic E-state index is 1.60. The summed E-state index contributed by atoms with van der Waals surface area (Å²) >= 11 is 0. The monoisotopic (exact) mass is 94.1 g/mol. The Morgan fingerprint density at radius 2 is 1.57 bits per heavy atom. The van der Waals surface area contributed by atoms with Crippen molar-refractivity contribution in [2.75, 3.05) is 0 Å². The van der Waals surface area contributed by atoms with Gasteiger partial charge in [0.15, 0.2) is 0 Å². The first-order chi connectivity index (χ1) is 3.43. The van der Waals surface area contributed by atoms with Gasteiger partial charge >= 0.3 is 0 Å². The zero-order valence-corrected chi connectivity index (χ0v) is 4.48. The Hall–Kier alpha value is 0. The van der Waals surface area contributed by atoms with Gasteiger partial charge in [0.2, 0.25) is 0 Å². The molecule has 3 aliphatic carbocycles. The molecule has 1 spiro atoms. The molecule has 0 radical (unpaired) electrons. The largest absolute Gasteiger partial charge is 0.0493 e. The van der Waals surface area contributed by atoms with Crippen molar-refractivity contribution in [3.8, 4) is 0 Å². The molecule has 0 aliphatic heterocycles. The second kappa shape index (κ2) is 0.586. The predicted molar refractivity (Wildman–Crippen MR) is 27.9 cm³/mol. The SMILES string of the molecule is C1CC2C1C21CC1. The van der Waals surface area contributed by atoms with Gasteiger partial charge in [-0.2, -0.15) is 0 Å². The molecule has 0 heteroatoms. The van der Waals surface area contributed by atoms with Crippen LogP contribution in [0.3, 0.4) is 0 Å². The van der Waals surface area contributed by atoms with Gasteiger partial charge in [-0.3, -0.25) is 0 Å². The fraction of sp³-hybridized carbons (Fsp3) is 1.00. The van der Waals surface area contributed by atoms with Gasteiger partial charge in [-0.15, -0.1) is 0 Å². The summed E-state index contributed by atoms with van der Waals surface area (Å²) in [6.07, 6.45) is 6.38. The molecule has 0 aromatic rings. The summed E-state index contributed by atoms with van der Waals surface area (Å²) in [6.45, 7) is 0. The summed E-state index contributed by atoms with van der Waals surface area (Å²) < 4.78 is 0. The second-order valence-corrected chi connectivity index (χ2v) is 3.52. The molecular weight excluding hydrogens is 84.1 g/mol. The molecule has 0 heterocycles. The van der Waals surface area contributed by atoms with Crippen LogP contribution in [0.5, 0.6) is 0 Å². The summed E-state index contributed by atoms with van der Waals surface area (Å²) in [6, 6.07) is 0. The Balaban J connectivity index is 2.05. The van der Waals surface area contributed by atoms with Gasteiger partial charge in [0.25, 0.3) is 0 Å². The smallest absolute Gasteiger partial charge is 0.0235 e. The van der Waals surface area contributed by atoms with Crippen molar-refractivity contribution in [1.29, 1.82) is 0 Å². The highest BCUT2D eigenvalue weighted by Gasteiger charge is 2.74. The average molecular weight is 94.2 g/mol. The summed E-state index contributed by atoms with van der Waals surface area (Å²) in [5.41, 5.74) is 1.03. The number of fused-ring (bicyclic) bond motifs is 3. The van der Waals surface area contributed by atoms with E-state index in [-0.39, 0.29) is 0 Å². The Kier molecular flexibility index (Phi) is 0.260. The van der Waals surface area contributed by atoms with Crippen molar-refractivity contribution in [2.45, 2.75) is 25.7 Å². The third-order valence-electron chi connectivity index (χ3n) is 3.47. The van der Waals surface area contributed by atoms with E-state index in [2.05, 4.69) is 0 Å². The van der Waals surface area contributed by atoms with Crippen molar-refractivity contribution >= 4 is 0 Å². The fourth-order valence-electron chi connectivity index (χ4n) is 2.63. The van der Waals surface area contributed by atoms with E-state index in [0.717, 1.165) is 5.41 Å². The summed E-state index contributed by atoms with van der Waals surface area (Å²) in [5.74, 6) is 2.51. The minimum Gasteiger partial charge on any atom is -0.0493 e. The summed E-state index contributed by atoms with van der Waals surface area (Å²) in [7, 11) is 0. The topological polar surface area (TPSA) is 0 Å². The Morgan fingerprint density at radius 3 is 1.71 bits per heavy atom. The summed E-state index contributed by atoms with van der Waals surface area (Å²) in [4.78, 5) is 0.